The van der Waals surface area contributed by atoms with E-state index in [1.807, 2.05) is 0 Å². The quantitative estimate of drug-likeness (QED) is 0.269. The van der Waals surface area contributed by atoms with Crippen LogP contribution in [0.2, 0.25) is 0 Å². The van der Waals surface area contributed by atoms with Crippen LogP contribution in [-0.4, -0.2) is 59.4 Å². The molecule has 0 spiro atoms. The van der Waals surface area contributed by atoms with E-state index < -0.39 is 11.5 Å². The number of ether oxygens (including phenoxy) is 1. The number of likely N-dealkylation sites (tertiary alicyclic amines) is 1. The maximum atomic E-state index is 14.8. The van der Waals surface area contributed by atoms with Crippen LogP contribution < -0.4 is 27.2 Å². The highest BCUT2D eigenvalue weighted by Crippen LogP contribution is 2.33. The number of carbonyl (C=O) groups excluding carboxylic acids is 1. The number of hydrazine groups is 1. The number of fused-ring (bicyclic) bond motifs is 1. The lowest BCUT2D eigenvalue weighted by Crippen LogP contribution is -2.68. The molecule has 32 heavy (non-hydrogen) atoms. The third-order valence-electron chi connectivity index (χ3n) is 5.75. The van der Waals surface area contributed by atoms with Crippen LogP contribution in [0.3, 0.4) is 0 Å². The number of anilines is 1. The zero-order chi connectivity index (χ0) is 22.9. The molecule has 1 amide bonds. The monoisotopic (exact) mass is 464 g/mol. The van der Waals surface area contributed by atoms with Gasteiger partial charge in [-0.25, -0.2) is 20.2 Å². The number of amides is 1. The third-order valence-corrected chi connectivity index (χ3v) is 5.97. The van der Waals surface area contributed by atoms with E-state index in [-0.39, 0.29) is 36.7 Å². The van der Waals surface area contributed by atoms with Crippen LogP contribution >= 0.6 is 11.6 Å². The van der Waals surface area contributed by atoms with Gasteiger partial charge in [0.1, 0.15) is 11.8 Å². The first kappa shape index (κ1) is 22.5. The Hall–Kier alpha value is -2.73. The molecular formula is C20H26ClFN8O2. The molecule has 12 heteroatoms. The van der Waals surface area contributed by atoms with Gasteiger partial charge in [-0.05, 0) is 18.9 Å². The minimum absolute atomic E-state index is 0.0893. The third kappa shape index (κ3) is 4.29. The molecule has 0 radical (unpaired) electrons. The van der Waals surface area contributed by atoms with Crippen molar-refractivity contribution >= 4 is 28.9 Å². The number of allylic oxidation sites excluding steroid dienone is 2. The van der Waals surface area contributed by atoms with E-state index in [1.54, 1.807) is 23.4 Å². The van der Waals surface area contributed by atoms with Crippen molar-refractivity contribution in [2.24, 2.45) is 11.6 Å². The number of hydrogen-bond acceptors (Lipinski definition) is 9. The van der Waals surface area contributed by atoms with Gasteiger partial charge in [-0.15, -0.1) is 0 Å². The van der Waals surface area contributed by atoms with Crippen LogP contribution in [-0.2, 0) is 9.53 Å². The Bertz CT molecular complexity index is 1000. The summed E-state index contributed by atoms with van der Waals surface area (Å²) in [5, 5.41) is 7.90. The Morgan fingerprint density at radius 1 is 1.47 bits per heavy atom. The van der Waals surface area contributed by atoms with Crippen molar-refractivity contribution in [3.63, 3.8) is 0 Å². The highest BCUT2D eigenvalue weighted by atomic mass is 35.5. The summed E-state index contributed by atoms with van der Waals surface area (Å²) in [4.78, 5) is 22.6. The van der Waals surface area contributed by atoms with Crippen molar-refractivity contribution in [3.05, 3.63) is 46.9 Å². The second kappa shape index (κ2) is 9.02. The number of carbonyl (C=O) groups is 1. The van der Waals surface area contributed by atoms with Crippen molar-refractivity contribution in [1.82, 2.24) is 25.5 Å². The van der Waals surface area contributed by atoms with Gasteiger partial charge in [0, 0.05) is 37.2 Å². The molecule has 4 rings (SSSR count). The molecule has 1 fully saturated rings. The first-order chi connectivity index (χ1) is 15.3. The molecule has 4 heterocycles. The molecule has 3 aliphatic rings. The van der Waals surface area contributed by atoms with E-state index in [9.17, 15) is 9.18 Å². The number of dihydropyridines is 1. The molecule has 0 bridgehead atoms. The number of nitrogens with zero attached hydrogens (tertiary/aromatic N) is 4. The number of rotatable bonds is 6. The Kier molecular flexibility index (Phi) is 6.33. The predicted octanol–water partition coefficient (Wildman–Crippen LogP) is 0.490. The number of methoxy groups -OCH3 is 1. The average Bonchev–Trinajstić information content (AvgIpc) is 3.20. The zero-order valence-electron chi connectivity index (χ0n) is 17.6. The van der Waals surface area contributed by atoms with Gasteiger partial charge < -0.3 is 26.0 Å². The van der Waals surface area contributed by atoms with Crippen LogP contribution in [0.4, 0.5) is 10.2 Å². The fourth-order valence-electron chi connectivity index (χ4n) is 4.03. The van der Waals surface area contributed by atoms with E-state index in [2.05, 4.69) is 20.6 Å². The van der Waals surface area contributed by atoms with Gasteiger partial charge >= 0.3 is 0 Å². The zero-order valence-corrected chi connectivity index (χ0v) is 18.4. The lowest BCUT2D eigenvalue weighted by molar-refractivity contribution is -0.134. The SMILES string of the molecule is COCCC(=O)N1CCC[C@@](N)(N(N)c2nc(C3=CNC4NC=C(Cl)C=C34)ncc2F)C1. The van der Waals surface area contributed by atoms with Crippen LogP contribution in [0.25, 0.3) is 5.57 Å². The van der Waals surface area contributed by atoms with Crippen molar-refractivity contribution < 1.29 is 13.9 Å². The highest BCUT2D eigenvalue weighted by Gasteiger charge is 2.40. The Morgan fingerprint density at radius 2 is 2.25 bits per heavy atom. The fraction of sp³-hybridized carbons (Fsp3) is 0.450. The number of piperidine rings is 1. The molecule has 172 valence electrons. The molecule has 3 aliphatic heterocycles. The smallest absolute Gasteiger partial charge is 0.225 e. The van der Waals surface area contributed by atoms with Gasteiger partial charge in [-0.1, -0.05) is 11.6 Å². The number of halogens is 2. The second-order valence-electron chi connectivity index (χ2n) is 7.95. The standard InChI is InChI=1S/C20H26ClFN8O2/c1-32-6-3-16(31)29-5-2-4-20(23,11-29)30(24)19-15(22)10-27-18(28-19)14-9-26-17-13(14)7-12(21)8-25-17/h7-10,17,25-26H,2-6,11,23-24H2,1H3/t17?,20-/m1/s1. The fourth-order valence-corrected chi connectivity index (χ4v) is 4.21. The van der Waals surface area contributed by atoms with Crippen LogP contribution in [0.15, 0.2) is 35.3 Å². The predicted molar refractivity (Wildman–Crippen MR) is 118 cm³/mol. The molecule has 1 unspecified atom stereocenters. The Balaban J connectivity index is 1.58. The molecule has 6 N–H and O–H groups in total. The highest BCUT2D eigenvalue weighted by molar-refractivity contribution is 6.31. The van der Waals surface area contributed by atoms with E-state index in [0.29, 0.717) is 36.6 Å². The maximum Gasteiger partial charge on any atom is 0.225 e. The van der Waals surface area contributed by atoms with Crippen LogP contribution in [0.1, 0.15) is 25.1 Å². The largest absolute Gasteiger partial charge is 0.384 e. The summed E-state index contributed by atoms with van der Waals surface area (Å²) in [7, 11) is 1.54. The van der Waals surface area contributed by atoms with Gasteiger partial charge in [0.2, 0.25) is 5.91 Å². The van der Waals surface area contributed by atoms with Crippen LogP contribution in [0.5, 0.6) is 0 Å². The Morgan fingerprint density at radius 3 is 3.03 bits per heavy atom. The number of nitrogens with one attached hydrogen (secondary N) is 2. The van der Waals surface area contributed by atoms with Gasteiger partial charge in [0.25, 0.3) is 0 Å². The second-order valence-corrected chi connectivity index (χ2v) is 8.39. The van der Waals surface area contributed by atoms with Crippen molar-refractivity contribution in [3.8, 4) is 0 Å². The summed E-state index contributed by atoms with van der Waals surface area (Å²) in [6, 6.07) is 0. The summed E-state index contributed by atoms with van der Waals surface area (Å²) >= 11 is 6.12. The molecular weight excluding hydrogens is 439 g/mol. The van der Waals surface area contributed by atoms with Gasteiger partial charge in [0.05, 0.1) is 30.8 Å². The summed E-state index contributed by atoms with van der Waals surface area (Å²) in [5.41, 5.74) is 6.87. The summed E-state index contributed by atoms with van der Waals surface area (Å²) in [6.07, 6.45) is 7.43. The molecule has 0 aliphatic carbocycles. The van der Waals surface area contributed by atoms with E-state index >= 15 is 0 Å². The first-order valence-corrected chi connectivity index (χ1v) is 10.6. The van der Waals surface area contributed by atoms with E-state index in [0.717, 1.165) is 16.8 Å². The van der Waals surface area contributed by atoms with Gasteiger partial charge in [-0.3, -0.25) is 9.80 Å². The lowest BCUT2D eigenvalue weighted by Gasteiger charge is -2.45. The summed E-state index contributed by atoms with van der Waals surface area (Å²) in [6.45, 7) is 1.02. The molecule has 2 atom stereocenters. The molecule has 0 aromatic carbocycles. The molecule has 1 saturated heterocycles. The normalized spacial score (nSPS) is 24.6. The minimum Gasteiger partial charge on any atom is -0.384 e. The molecule has 1 aromatic heterocycles. The summed E-state index contributed by atoms with van der Waals surface area (Å²) < 4.78 is 19.7. The lowest BCUT2D eigenvalue weighted by atomic mass is 9.97. The number of aromatic nitrogens is 2. The van der Waals surface area contributed by atoms with Crippen LogP contribution in [0, 0.1) is 5.82 Å². The maximum absolute atomic E-state index is 14.8. The van der Waals surface area contributed by atoms with Crippen molar-refractivity contribution in [1.29, 1.82) is 0 Å². The van der Waals surface area contributed by atoms with Crippen molar-refractivity contribution in [2.75, 3.05) is 31.8 Å². The number of nitrogens with two attached hydrogens (primary N) is 2. The Labute approximate surface area is 190 Å². The molecule has 10 nitrogen and oxygen atoms in total. The van der Waals surface area contributed by atoms with E-state index in [1.165, 1.54) is 7.11 Å². The van der Waals surface area contributed by atoms with Gasteiger partial charge in [0.15, 0.2) is 17.5 Å². The van der Waals surface area contributed by atoms with E-state index in [4.69, 9.17) is 27.9 Å². The average molecular weight is 465 g/mol. The minimum atomic E-state index is -1.18. The first-order valence-electron chi connectivity index (χ1n) is 10.3. The summed E-state index contributed by atoms with van der Waals surface area (Å²) in [5.74, 6) is 5.65. The number of hydrogen-bond donors (Lipinski definition) is 4. The topological polar surface area (TPSA) is 135 Å². The van der Waals surface area contributed by atoms with Gasteiger partial charge in [-0.2, -0.15) is 0 Å². The molecule has 1 aromatic rings. The molecule has 0 saturated carbocycles. The van der Waals surface area contributed by atoms with Crippen molar-refractivity contribution in [2.45, 2.75) is 31.1 Å².